The molecule has 3 aromatic rings. The fourth-order valence-corrected chi connectivity index (χ4v) is 3.18. The topological polar surface area (TPSA) is 108 Å². The standard InChI is InChI=1S/C18H21N7O2/c1-27-14-4-2-12(3-5-14)23-18(26)25-8-6-13(7-9-25)22-16-15-10-21-24-17(15)20-11-19-16/h2-5,10-11,13H,6-9H2,1H3,(H,23,26)(H2,19,20,21,22,24). The van der Waals surface area contributed by atoms with E-state index in [0.29, 0.717) is 18.7 Å². The fraction of sp³-hybridized carbons (Fsp3) is 0.333. The summed E-state index contributed by atoms with van der Waals surface area (Å²) in [5, 5.41) is 14.1. The van der Waals surface area contributed by atoms with Crippen LogP contribution < -0.4 is 15.4 Å². The first kappa shape index (κ1) is 17.1. The van der Waals surface area contributed by atoms with Crippen molar-refractivity contribution in [2.75, 3.05) is 30.8 Å². The number of likely N-dealkylation sites (tertiary alicyclic amines) is 1. The molecule has 1 aliphatic rings. The highest BCUT2D eigenvalue weighted by Crippen LogP contribution is 2.21. The minimum atomic E-state index is -0.0853. The summed E-state index contributed by atoms with van der Waals surface area (Å²) in [5.74, 6) is 1.53. The van der Waals surface area contributed by atoms with Gasteiger partial charge < -0.3 is 20.3 Å². The number of aromatic nitrogens is 4. The fourth-order valence-electron chi connectivity index (χ4n) is 3.18. The summed E-state index contributed by atoms with van der Waals surface area (Å²) in [6.45, 7) is 1.36. The number of carbonyl (C=O) groups excluding carboxylic acids is 1. The van der Waals surface area contributed by atoms with Crippen LogP contribution in [-0.4, -0.2) is 57.3 Å². The Kier molecular flexibility index (Phi) is 4.73. The lowest BCUT2D eigenvalue weighted by Crippen LogP contribution is -2.44. The van der Waals surface area contributed by atoms with Crippen LogP contribution in [0, 0.1) is 0 Å². The van der Waals surface area contributed by atoms with E-state index in [0.717, 1.165) is 35.5 Å². The Balaban J connectivity index is 1.31. The zero-order valence-corrected chi connectivity index (χ0v) is 15.0. The third-order valence-corrected chi connectivity index (χ3v) is 4.71. The molecule has 0 bridgehead atoms. The number of hydrogen-bond donors (Lipinski definition) is 3. The zero-order chi connectivity index (χ0) is 18.6. The maximum atomic E-state index is 12.5. The average molecular weight is 367 g/mol. The summed E-state index contributed by atoms with van der Waals surface area (Å²) in [7, 11) is 1.62. The van der Waals surface area contributed by atoms with Crippen LogP contribution in [0.15, 0.2) is 36.8 Å². The second kappa shape index (κ2) is 7.48. The highest BCUT2D eigenvalue weighted by Gasteiger charge is 2.23. The monoisotopic (exact) mass is 367 g/mol. The molecule has 0 unspecified atom stereocenters. The normalized spacial score (nSPS) is 14.9. The maximum Gasteiger partial charge on any atom is 0.321 e. The first-order valence-corrected chi connectivity index (χ1v) is 8.83. The van der Waals surface area contributed by atoms with Gasteiger partial charge in [0.05, 0.1) is 18.7 Å². The summed E-state index contributed by atoms with van der Waals surface area (Å²) in [6, 6.07) is 7.47. The number of hydrogen-bond acceptors (Lipinski definition) is 6. The summed E-state index contributed by atoms with van der Waals surface area (Å²) < 4.78 is 5.13. The van der Waals surface area contributed by atoms with Crippen LogP contribution in [0.5, 0.6) is 5.75 Å². The quantitative estimate of drug-likeness (QED) is 0.654. The molecule has 3 heterocycles. The van der Waals surface area contributed by atoms with Crippen molar-refractivity contribution in [1.82, 2.24) is 25.1 Å². The van der Waals surface area contributed by atoms with Crippen LogP contribution in [0.4, 0.5) is 16.3 Å². The summed E-state index contributed by atoms with van der Waals surface area (Å²) in [6.07, 6.45) is 4.92. The molecule has 0 atom stereocenters. The highest BCUT2D eigenvalue weighted by atomic mass is 16.5. The molecule has 4 rings (SSSR count). The van der Waals surface area contributed by atoms with Gasteiger partial charge in [0.1, 0.15) is 17.9 Å². The molecule has 1 aromatic carbocycles. The molecular weight excluding hydrogens is 346 g/mol. The van der Waals surface area contributed by atoms with Crippen LogP contribution >= 0.6 is 0 Å². The number of aromatic amines is 1. The number of amides is 2. The SMILES string of the molecule is COc1ccc(NC(=O)N2CCC(Nc3ncnc4[nH]ncc34)CC2)cc1. The van der Waals surface area contributed by atoms with Crippen LogP contribution in [0.3, 0.4) is 0 Å². The summed E-state index contributed by atoms with van der Waals surface area (Å²) >= 11 is 0. The van der Waals surface area contributed by atoms with E-state index in [9.17, 15) is 4.79 Å². The number of nitrogens with zero attached hydrogens (tertiary/aromatic N) is 4. The molecule has 1 fully saturated rings. The molecule has 27 heavy (non-hydrogen) atoms. The third kappa shape index (κ3) is 3.76. The van der Waals surface area contributed by atoms with Crippen molar-refractivity contribution in [3.05, 3.63) is 36.8 Å². The Bertz CT molecular complexity index is 917. The molecule has 0 radical (unpaired) electrons. The molecule has 0 aliphatic carbocycles. The van der Waals surface area contributed by atoms with Gasteiger partial charge in [0.2, 0.25) is 0 Å². The van der Waals surface area contributed by atoms with Gasteiger partial charge >= 0.3 is 6.03 Å². The van der Waals surface area contributed by atoms with Crippen LogP contribution in [0.25, 0.3) is 11.0 Å². The van der Waals surface area contributed by atoms with E-state index in [1.807, 2.05) is 29.2 Å². The van der Waals surface area contributed by atoms with E-state index in [1.165, 1.54) is 6.33 Å². The first-order valence-electron chi connectivity index (χ1n) is 8.83. The number of methoxy groups -OCH3 is 1. The van der Waals surface area contributed by atoms with Crippen LogP contribution in [0.2, 0.25) is 0 Å². The number of anilines is 2. The van der Waals surface area contributed by atoms with Crippen LogP contribution in [-0.2, 0) is 0 Å². The second-order valence-corrected chi connectivity index (χ2v) is 6.42. The Morgan fingerprint density at radius 2 is 2.00 bits per heavy atom. The van der Waals surface area contributed by atoms with Gasteiger partial charge in [0, 0.05) is 24.8 Å². The lowest BCUT2D eigenvalue weighted by atomic mass is 10.1. The van der Waals surface area contributed by atoms with Gasteiger partial charge in [0.15, 0.2) is 5.65 Å². The number of carbonyl (C=O) groups is 1. The number of ether oxygens (including phenoxy) is 1. The van der Waals surface area contributed by atoms with Gasteiger partial charge in [-0.1, -0.05) is 0 Å². The molecule has 3 N–H and O–H groups in total. The second-order valence-electron chi connectivity index (χ2n) is 6.42. The summed E-state index contributed by atoms with van der Waals surface area (Å²) in [5.41, 5.74) is 1.47. The molecule has 9 heteroatoms. The van der Waals surface area contributed by atoms with Crippen molar-refractivity contribution in [2.45, 2.75) is 18.9 Å². The molecule has 2 aromatic heterocycles. The largest absolute Gasteiger partial charge is 0.497 e. The molecule has 0 saturated carbocycles. The van der Waals surface area contributed by atoms with Crippen molar-refractivity contribution in [2.24, 2.45) is 0 Å². The number of rotatable bonds is 4. The van der Waals surface area contributed by atoms with Crippen molar-refractivity contribution in [1.29, 1.82) is 0 Å². The number of benzene rings is 1. The third-order valence-electron chi connectivity index (χ3n) is 4.71. The van der Waals surface area contributed by atoms with Crippen molar-refractivity contribution in [3.8, 4) is 5.75 Å². The van der Waals surface area contributed by atoms with Gasteiger partial charge in [-0.15, -0.1) is 0 Å². The van der Waals surface area contributed by atoms with Gasteiger partial charge in [-0.3, -0.25) is 5.10 Å². The van der Waals surface area contributed by atoms with Crippen molar-refractivity contribution in [3.63, 3.8) is 0 Å². The molecule has 140 valence electrons. The lowest BCUT2D eigenvalue weighted by Gasteiger charge is -2.32. The van der Waals surface area contributed by atoms with Crippen molar-refractivity contribution < 1.29 is 9.53 Å². The van der Waals surface area contributed by atoms with Gasteiger partial charge in [-0.25, -0.2) is 14.8 Å². The van der Waals surface area contributed by atoms with E-state index >= 15 is 0 Å². The Morgan fingerprint density at radius 3 is 2.74 bits per heavy atom. The molecule has 2 amide bonds. The Labute approximate surface area is 156 Å². The van der Waals surface area contributed by atoms with Crippen LogP contribution in [0.1, 0.15) is 12.8 Å². The average Bonchev–Trinajstić information content (AvgIpc) is 3.19. The van der Waals surface area contributed by atoms with E-state index in [1.54, 1.807) is 13.3 Å². The zero-order valence-electron chi connectivity index (χ0n) is 15.0. The number of urea groups is 1. The van der Waals surface area contributed by atoms with E-state index in [4.69, 9.17) is 4.74 Å². The highest BCUT2D eigenvalue weighted by molar-refractivity contribution is 5.89. The molecule has 1 aliphatic heterocycles. The minimum Gasteiger partial charge on any atom is -0.497 e. The number of H-pyrrole nitrogens is 1. The minimum absolute atomic E-state index is 0.0853. The molecule has 1 saturated heterocycles. The Hall–Kier alpha value is -3.36. The number of piperidine rings is 1. The van der Waals surface area contributed by atoms with E-state index in [2.05, 4.69) is 30.8 Å². The molecule has 9 nitrogen and oxygen atoms in total. The van der Waals surface area contributed by atoms with Gasteiger partial charge in [-0.05, 0) is 37.1 Å². The van der Waals surface area contributed by atoms with E-state index in [-0.39, 0.29) is 12.1 Å². The maximum absolute atomic E-state index is 12.5. The Morgan fingerprint density at radius 1 is 1.22 bits per heavy atom. The first-order chi connectivity index (χ1) is 13.2. The van der Waals surface area contributed by atoms with E-state index < -0.39 is 0 Å². The lowest BCUT2D eigenvalue weighted by molar-refractivity contribution is 0.197. The molecule has 0 spiro atoms. The van der Waals surface area contributed by atoms with Gasteiger partial charge in [0.25, 0.3) is 0 Å². The smallest absolute Gasteiger partial charge is 0.321 e. The predicted octanol–water partition coefficient (Wildman–Crippen LogP) is 2.47. The predicted molar refractivity (Wildman–Crippen MR) is 102 cm³/mol. The van der Waals surface area contributed by atoms with Gasteiger partial charge in [-0.2, -0.15) is 5.10 Å². The number of fused-ring (bicyclic) bond motifs is 1. The molecular formula is C18H21N7O2. The number of nitrogens with one attached hydrogen (secondary N) is 3. The van der Waals surface area contributed by atoms with Crippen molar-refractivity contribution >= 4 is 28.6 Å². The summed E-state index contributed by atoms with van der Waals surface area (Å²) in [4.78, 5) is 22.7.